The van der Waals surface area contributed by atoms with E-state index >= 15 is 0 Å². The number of carbonyl (C=O) groups excluding carboxylic acids is 1. The molecule has 11 heteroatoms. The molecule has 4 aromatic rings. The summed E-state index contributed by atoms with van der Waals surface area (Å²) in [5.41, 5.74) is 8.12. The summed E-state index contributed by atoms with van der Waals surface area (Å²) in [6, 6.07) is 14.6. The summed E-state index contributed by atoms with van der Waals surface area (Å²) >= 11 is 1.36. The van der Waals surface area contributed by atoms with E-state index in [0.717, 1.165) is 5.56 Å². The molecule has 2 aromatic carbocycles. The third-order valence-corrected chi connectivity index (χ3v) is 5.47. The number of thioether (sulfide) groups is 1. The monoisotopic (exact) mass is 466 g/mol. The van der Waals surface area contributed by atoms with Gasteiger partial charge in [0.05, 0.1) is 19.9 Å². The fraction of sp³-hybridized carbons (Fsp3) is 0.182. The molecule has 0 fully saturated rings. The maximum Gasteiger partial charge on any atom is 0.264 e. The Morgan fingerprint density at radius 2 is 1.97 bits per heavy atom. The minimum atomic E-state index is -0.342. The van der Waals surface area contributed by atoms with Gasteiger partial charge in [0.1, 0.15) is 34.5 Å². The van der Waals surface area contributed by atoms with Gasteiger partial charge in [-0.1, -0.05) is 35.5 Å². The molecule has 33 heavy (non-hydrogen) atoms. The number of aromatic nitrogens is 4. The lowest BCUT2D eigenvalue weighted by molar-refractivity contribution is -0.116. The maximum absolute atomic E-state index is 12.8. The van der Waals surface area contributed by atoms with Gasteiger partial charge in [-0.05, 0) is 18.4 Å². The number of nitrogens with two attached hydrogens (primary N) is 1. The van der Waals surface area contributed by atoms with Crippen molar-refractivity contribution < 1.29 is 18.8 Å². The van der Waals surface area contributed by atoms with Gasteiger partial charge in [-0.2, -0.15) is 10.1 Å². The Morgan fingerprint density at radius 3 is 2.67 bits per heavy atom. The van der Waals surface area contributed by atoms with Gasteiger partial charge < -0.3 is 25.0 Å². The molecular weight excluding hydrogens is 444 g/mol. The Bertz CT molecular complexity index is 1270. The van der Waals surface area contributed by atoms with Gasteiger partial charge in [0.15, 0.2) is 0 Å². The highest BCUT2D eigenvalue weighted by atomic mass is 32.2. The van der Waals surface area contributed by atoms with Crippen molar-refractivity contribution in [2.45, 2.75) is 11.6 Å². The molecule has 0 atom stereocenters. The predicted molar refractivity (Wildman–Crippen MR) is 125 cm³/mol. The van der Waals surface area contributed by atoms with E-state index < -0.39 is 0 Å². The van der Waals surface area contributed by atoms with Crippen LogP contribution in [-0.4, -0.2) is 46.3 Å². The fourth-order valence-corrected chi connectivity index (χ4v) is 3.76. The van der Waals surface area contributed by atoms with Crippen LogP contribution in [0.25, 0.3) is 22.8 Å². The highest BCUT2D eigenvalue weighted by Crippen LogP contribution is 2.35. The van der Waals surface area contributed by atoms with Crippen molar-refractivity contribution in [1.82, 2.24) is 19.9 Å². The van der Waals surface area contributed by atoms with E-state index in [0.29, 0.717) is 33.6 Å². The van der Waals surface area contributed by atoms with Crippen molar-refractivity contribution in [1.29, 1.82) is 0 Å². The summed E-state index contributed by atoms with van der Waals surface area (Å²) in [5.74, 6) is 1.66. The SMILES string of the molecule is COc1ccc(OC)c(NC(=O)Cn2nc(SC)c(-c3nc(-c4ccccc4)no3)c2N)c1. The van der Waals surface area contributed by atoms with Crippen LogP contribution in [0.5, 0.6) is 11.5 Å². The second-order valence-corrected chi connectivity index (χ2v) is 7.63. The first-order valence-corrected chi connectivity index (χ1v) is 11.1. The summed E-state index contributed by atoms with van der Waals surface area (Å²) < 4.78 is 17.4. The van der Waals surface area contributed by atoms with Crippen LogP contribution in [0.4, 0.5) is 11.5 Å². The molecule has 3 N–H and O–H groups in total. The number of amides is 1. The van der Waals surface area contributed by atoms with E-state index in [1.807, 2.05) is 36.6 Å². The number of ether oxygens (including phenoxy) is 2. The number of methoxy groups -OCH3 is 2. The van der Waals surface area contributed by atoms with Crippen molar-refractivity contribution in [3.8, 4) is 34.3 Å². The van der Waals surface area contributed by atoms with Crippen molar-refractivity contribution in [3.05, 3.63) is 48.5 Å². The number of hydrogen-bond acceptors (Lipinski definition) is 9. The van der Waals surface area contributed by atoms with Crippen LogP contribution in [-0.2, 0) is 11.3 Å². The van der Waals surface area contributed by atoms with Crippen LogP contribution in [0, 0.1) is 0 Å². The molecule has 1 amide bonds. The molecule has 170 valence electrons. The Labute approximate surface area is 194 Å². The zero-order chi connectivity index (χ0) is 23.4. The number of nitrogens with one attached hydrogen (secondary N) is 1. The standard InChI is InChI=1S/C22H22N6O4S/c1-30-14-9-10-16(31-2)15(11-14)24-17(29)12-28-19(23)18(22(26-28)33-3)21-25-20(27-32-21)13-7-5-4-6-8-13/h4-11H,12,23H2,1-3H3,(H,24,29). The molecule has 4 rings (SSSR count). The minimum absolute atomic E-state index is 0.126. The second-order valence-electron chi connectivity index (χ2n) is 6.83. The molecule has 0 aliphatic heterocycles. The first-order valence-electron chi connectivity index (χ1n) is 9.85. The average molecular weight is 467 g/mol. The third kappa shape index (κ3) is 4.62. The second kappa shape index (κ2) is 9.65. The lowest BCUT2D eigenvalue weighted by Gasteiger charge is -2.12. The summed E-state index contributed by atoms with van der Waals surface area (Å²) in [6.45, 7) is -0.126. The molecule has 2 aromatic heterocycles. The van der Waals surface area contributed by atoms with Crippen LogP contribution in [0.15, 0.2) is 58.1 Å². The summed E-state index contributed by atoms with van der Waals surface area (Å²) in [6.07, 6.45) is 1.85. The molecule has 0 saturated heterocycles. The normalized spacial score (nSPS) is 10.8. The van der Waals surface area contributed by atoms with Gasteiger partial charge in [-0.3, -0.25) is 4.79 Å². The highest BCUT2D eigenvalue weighted by molar-refractivity contribution is 7.98. The van der Waals surface area contributed by atoms with Crippen molar-refractivity contribution in [2.75, 3.05) is 31.5 Å². The Balaban J connectivity index is 1.58. The van der Waals surface area contributed by atoms with Gasteiger partial charge in [-0.15, -0.1) is 11.8 Å². The molecular formula is C22H22N6O4S. The molecule has 0 bridgehead atoms. The number of benzene rings is 2. The first-order chi connectivity index (χ1) is 16.0. The molecule has 0 radical (unpaired) electrons. The minimum Gasteiger partial charge on any atom is -0.497 e. The molecule has 2 heterocycles. The zero-order valence-corrected chi connectivity index (χ0v) is 19.0. The number of nitrogen functional groups attached to an aromatic ring is 1. The van der Waals surface area contributed by atoms with E-state index in [9.17, 15) is 4.79 Å². The number of hydrogen-bond donors (Lipinski definition) is 2. The lowest BCUT2D eigenvalue weighted by Crippen LogP contribution is -2.21. The third-order valence-electron chi connectivity index (χ3n) is 4.80. The quantitative estimate of drug-likeness (QED) is 0.374. The molecule has 10 nitrogen and oxygen atoms in total. The molecule has 0 saturated carbocycles. The van der Waals surface area contributed by atoms with Crippen LogP contribution >= 0.6 is 11.8 Å². The number of nitrogens with zero attached hydrogens (tertiary/aromatic N) is 4. The van der Waals surface area contributed by atoms with Gasteiger partial charge in [0.25, 0.3) is 5.89 Å². The molecule has 0 aliphatic rings. The highest BCUT2D eigenvalue weighted by Gasteiger charge is 2.24. The molecule has 0 unspecified atom stereocenters. The van der Waals surface area contributed by atoms with Gasteiger partial charge >= 0.3 is 0 Å². The van der Waals surface area contributed by atoms with Crippen molar-refractivity contribution in [2.24, 2.45) is 0 Å². The van der Waals surface area contributed by atoms with E-state index in [1.165, 1.54) is 23.6 Å². The maximum atomic E-state index is 12.8. The smallest absolute Gasteiger partial charge is 0.264 e. The van der Waals surface area contributed by atoms with Crippen molar-refractivity contribution in [3.63, 3.8) is 0 Å². The number of rotatable bonds is 8. The lowest BCUT2D eigenvalue weighted by atomic mass is 10.2. The van der Waals surface area contributed by atoms with E-state index in [4.69, 9.17) is 19.7 Å². The van der Waals surface area contributed by atoms with Crippen LogP contribution < -0.4 is 20.5 Å². The summed E-state index contributed by atoms with van der Waals surface area (Å²) in [5, 5.41) is 11.9. The van der Waals surface area contributed by atoms with Gasteiger partial charge in [-0.25, -0.2) is 4.68 Å². The van der Waals surface area contributed by atoms with Crippen LogP contribution in [0.1, 0.15) is 0 Å². The van der Waals surface area contributed by atoms with Crippen LogP contribution in [0.3, 0.4) is 0 Å². The van der Waals surface area contributed by atoms with Crippen LogP contribution in [0.2, 0.25) is 0 Å². The zero-order valence-electron chi connectivity index (χ0n) is 18.2. The van der Waals surface area contributed by atoms with Gasteiger partial charge in [0.2, 0.25) is 11.7 Å². The number of anilines is 2. The Hall–Kier alpha value is -3.99. The van der Waals surface area contributed by atoms with Crippen molar-refractivity contribution >= 4 is 29.2 Å². The predicted octanol–water partition coefficient (Wildman–Crippen LogP) is 3.56. The molecule has 0 aliphatic carbocycles. The van der Waals surface area contributed by atoms with E-state index in [1.54, 1.807) is 25.3 Å². The Kier molecular flexibility index (Phi) is 6.50. The topological polar surface area (TPSA) is 130 Å². The van der Waals surface area contributed by atoms with E-state index in [-0.39, 0.29) is 24.2 Å². The first kappa shape index (κ1) is 22.2. The Morgan fingerprint density at radius 1 is 1.18 bits per heavy atom. The fourth-order valence-electron chi connectivity index (χ4n) is 3.18. The average Bonchev–Trinajstić information content (AvgIpc) is 3.44. The summed E-state index contributed by atoms with van der Waals surface area (Å²) in [4.78, 5) is 17.2. The largest absolute Gasteiger partial charge is 0.497 e. The summed E-state index contributed by atoms with van der Waals surface area (Å²) in [7, 11) is 3.07. The van der Waals surface area contributed by atoms with E-state index in [2.05, 4.69) is 20.6 Å². The van der Waals surface area contributed by atoms with Gasteiger partial charge in [0, 0.05) is 11.6 Å². The molecule has 0 spiro atoms. The number of carbonyl (C=O) groups is 1.